The lowest BCUT2D eigenvalue weighted by Gasteiger charge is -2.05. The SMILES string of the molecule is CCCCOC(=O)CCCC(=O)Oc1ccc(SC)cc1. The smallest absolute Gasteiger partial charge is 0.311 e. The van der Waals surface area contributed by atoms with Gasteiger partial charge in [0, 0.05) is 17.7 Å². The average Bonchev–Trinajstić information content (AvgIpc) is 2.48. The summed E-state index contributed by atoms with van der Waals surface area (Å²) >= 11 is 1.63. The molecule has 4 nitrogen and oxygen atoms in total. The zero-order valence-corrected chi connectivity index (χ0v) is 13.4. The van der Waals surface area contributed by atoms with E-state index in [1.54, 1.807) is 23.9 Å². The molecule has 0 amide bonds. The van der Waals surface area contributed by atoms with Gasteiger partial charge < -0.3 is 9.47 Å². The van der Waals surface area contributed by atoms with Crippen molar-refractivity contribution >= 4 is 23.7 Å². The van der Waals surface area contributed by atoms with Gasteiger partial charge in [-0.3, -0.25) is 9.59 Å². The van der Waals surface area contributed by atoms with Crippen molar-refractivity contribution < 1.29 is 19.1 Å². The molecule has 0 saturated heterocycles. The normalized spacial score (nSPS) is 10.2. The van der Waals surface area contributed by atoms with Crippen molar-refractivity contribution in [3.63, 3.8) is 0 Å². The van der Waals surface area contributed by atoms with Crippen LogP contribution in [0, 0.1) is 0 Å². The molecule has 0 fully saturated rings. The maximum absolute atomic E-state index is 11.6. The van der Waals surface area contributed by atoms with E-state index in [4.69, 9.17) is 9.47 Å². The Bertz CT molecular complexity index is 442. The third kappa shape index (κ3) is 7.75. The largest absolute Gasteiger partial charge is 0.466 e. The molecule has 0 aliphatic carbocycles. The molecule has 1 aromatic carbocycles. The van der Waals surface area contributed by atoms with Gasteiger partial charge in [-0.05, 0) is 43.4 Å². The standard InChI is InChI=1S/C16H22O4S/c1-3-4-12-19-15(17)6-5-7-16(18)20-13-8-10-14(21-2)11-9-13/h8-11H,3-7,12H2,1-2H3. The maximum atomic E-state index is 11.6. The van der Waals surface area contributed by atoms with E-state index >= 15 is 0 Å². The molecular weight excluding hydrogens is 288 g/mol. The Labute approximate surface area is 130 Å². The predicted octanol–water partition coefficient (Wildman–Crippen LogP) is 3.83. The molecule has 21 heavy (non-hydrogen) atoms. The fraction of sp³-hybridized carbons (Fsp3) is 0.500. The molecule has 5 heteroatoms. The van der Waals surface area contributed by atoms with Gasteiger partial charge in [-0.1, -0.05) is 13.3 Å². The van der Waals surface area contributed by atoms with Crippen molar-refractivity contribution in [2.75, 3.05) is 12.9 Å². The Hall–Kier alpha value is -1.49. The fourth-order valence-electron chi connectivity index (χ4n) is 1.61. The highest BCUT2D eigenvalue weighted by molar-refractivity contribution is 7.98. The van der Waals surface area contributed by atoms with Gasteiger partial charge in [0.05, 0.1) is 6.61 Å². The first kappa shape index (κ1) is 17.6. The molecular formula is C16H22O4S. The molecule has 1 aromatic rings. The summed E-state index contributed by atoms with van der Waals surface area (Å²) in [7, 11) is 0. The van der Waals surface area contributed by atoms with E-state index in [-0.39, 0.29) is 24.8 Å². The quantitative estimate of drug-likeness (QED) is 0.300. The van der Waals surface area contributed by atoms with Gasteiger partial charge in [-0.2, -0.15) is 0 Å². The van der Waals surface area contributed by atoms with Crippen LogP contribution >= 0.6 is 11.8 Å². The topological polar surface area (TPSA) is 52.6 Å². The monoisotopic (exact) mass is 310 g/mol. The van der Waals surface area contributed by atoms with Crippen molar-refractivity contribution in [3.05, 3.63) is 24.3 Å². The van der Waals surface area contributed by atoms with Crippen LogP contribution < -0.4 is 4.74 Å². The Morgan fingerprint density at radius 2 is 1.71 bits per heavy atom. The van der Waals surface area contributed by atoms with Crippen molar-refractivity contribution in [1.82, 2.24) is 0 Å². The molecule has 0 bridgehead atoms. The van der Waals surface area contributed by atoms with E-state index in [9.17, 15) is 9.59 Å². The lowest BCUT2D eigenvalue weighted by Crippen LogP contribution is -2.10. The molecule has 0 aliphatic rings. The predicted molar refractivity (Wildman–Crippen MR) is 83.6 cm³/mol. The van der Waals surface area contributed by atoms with Gasteiger partial charge in [-0.15, -0.1) is 11.8 Å². The third-order valence-electron chi connectivity index (χ3n) is 2.81. The van der Waals surface area contributed by atoms with E-state index in [1.165, 1.54) is 0 Å². The highest BCUT2D eigenvalue weighted by atomic mass is 32.2. The lowest BCUT2D eigenvalue weighted by molar-refractivity contribution is -0.144. The number of benzene rings is 1. The minimum absolute atomic E-state index is 0.215. The van der Waals surface area contributed by atoms with Gasteiger partial charge >= 0.3 is 11.9 Å². The molecule has 0 N–H and O–H groups in total. The summed E-state index contributed by atoms with van der Waals surface area (Å²) in [5.41, 5.74) is 0. The molecule has 0 atom stereocenters. The molecule has 0 spiro atoms. The first-order valence-corrected chi connectivity index (χ1v) is 8.38. The summed E-state index contributed by atoms with van der Waals surface area (Å²) in [6.07, 6.45) is 4.78. The lowest BCUT2D eigenvalue weighted by atomic mass is 10.2. The Kier molecular flexibility index (Phi) is 8.59. The Morgan fingerprint density at radius 1 is 1.05 bits per heavy atom. The van der Waals surface area contributed by atoms with E-state index in [0.29, 0.717) is 18.8 Å². The first-order chi connectivity index (χ1) is 10.2. The van der Waals surface area contributed by atoms with Gasteiger partial charge in [0.1, 0.15) is 5.75 Å². The van der Waals surface area contributed by atoms with Crippen LogP contribution in [0.1, 0.15) is 39.0 Å². The number of thioether (sulfide) groups is 1. The number of carbonyl (C=O) groups is 2. The molecule has 0 radical (unpaired) electrons. The van der Waals surface area contributed by atoms with Crippen molar-refractivity contribution in [2.24, 2.45) is 0 Å². The van der Waals surface area contributed by atoms with Crippen molar-refractivity contribution in [2.45, 2.75) is 43.9 Å². The van der Waals surface area contributed by atoms with Gasteiger partial charge in [0.25, 0.3) is 0 Å². The second-order valence-electron chi connectivity index (χ2n) is 4.58. The van der Waals surface area contributed by atoms with Crippen LogP contribution in [0.3, 0.4) is 0 Å². The molecule has 0 heterocycles. The molecule has 0 unspecified atom stereocenters. The number of unbranched alkanes of at least 4 members (excludes halogenated alkanes) is 1. The van der Waals surface area contributed by atoms with Gasteiger partial charge in [0.15, 0.2) is 0 Å². The summed E-state index contributed by atoms with van der Waals surface area (Å²) < 4.78 is 10.2. The van der Waals surface area contributed by atoms with Crippen molar-refractivity contribution in [1.29, 1.82) is 0 Å². The molecule has 116 valence electrons. The first-order valence-electron chi connectivity index (χ1n) is 7.16. The second-order valence-corrected chi connectivity index (χ2v) is 5.46. The minimum atomic E-state index is -0.326. The zero-order valence-electron chi connectivity index (χ0n) is 12.6. The number of ether oxygens (including phenoxy) is 2. The number of rotatable bonds is 9. The van der Waals surface area contributed by atoms with Crippen LogP contribution in [0.5, 0.6) is 5.75 Å². The molecule has 1 rings (SSSR count). The van der Waals surface area contributed by atoms with Crippen LogP contribution in [-0.4, -0.2) is 24.8 Å². The van der Waals surface area contributed by atoms with Crippen LogP contribution in [0.15, 0.2) is 29.2 Å². The van der Waals surface area contributed by atoms with E-state index in [2.05, 4.69) is 0 Å². The van der Waals surface area contributed by atoms with Crippen LogP contribution in [0.25, 0.3) is 0 Å². The van der Waals surface area contributed by atoms with E-state index in [1.807, 2.05) is 25.3 Å². The van der Waals surface area contributed by atoms with Crippen LogP contribution in [0.4, 0.5) is 0 Å². The molecule has 0 saturated carbocycles. The minimum Gasteiger partial charge on any atom is -0.466 e. The number of carbonyl (C=O) groups excluding carboxylic acids is 2. The fourth-order valence-corrected chi connectivity index (χ4v) is 2.01. The van der Waals surface area contributed by atoms with Gasteiger partial charge in [0.2, 0.25) is 0 Å². The number of esters is 2. The number of hydrogen-bond acceptors (Lipinski definition) is 5. The van der Waals surface area contributed by atoms with E-state index < -0.39 is 0 Å². The summed E-state index contributed by atoms with van der Waals surface area (Å²) in [5, 5.41) is 0. The van der Waals surface area contributed by atoms with Crippen molar-refractivity contribution in [3.8, 4) is 5.75 Å². The van der Waals surface area contributed by atoms with Crippen LogP contribution in [-0.2, 0) is 14.3 Å². The highest BCUT2D eigenvalue weighted by Gasteiger charge is 2.08. The van der Waals surface area contributed by atoms with E-state index in [0.717, 1.165) is 17.7 Å². The maximum Gasteiger partial charge on any atom is 0.311 e. The van der Waals surface area contributed by atoms with Gasteiger partial charge in [-0.25, -0.2) is 0 Å². The highest BCUT2D eigenvalue weighted by Crippen LogP contribution is 2.19. The summed E-state index contributed by atoms with van der Waals surface area (Å²) in [4.78, 5) is 24.1. The average molecular weight is 310 g/mol. The summed E-state index contributed by atoms with van der Waals surface area (Å²) in [6.45, 7) is 2.50. The molecule has 0 aromatic heterocycles. The Balaban J connectivity index is 2.20. The summed E-state index contributed by atoms with van der Waals surface area (Å²) in [6, 6.07) is 7.34. The second kappa shape index (κ2) is 10.3. The number of hydrogen-bond donors (Lipinski definition) is 0. The zero-order chi connectivity index (χ0) is 15.5. The van der Waals surface area contributed by atoms with Crippen LogP contribution in [0.2, 0.25) is 0 Å². The summed E-state index contributed by atoms with van der Waals surface area (Å²) in [5.74, 6) is -0.0443. The molecule has 0 aliphatic heterocycles. The Morgan fingerprint density at radius 3 is 2.33 bits per heavy atom. The third-order valence-corrected chi connectivity index (χ3v) is 3.56.